The van der Waals surface area contributed by atoms with E-state index in [2.05, 4.69) is 4.99 Å². The van der Waals surface area contributed by atoms with Crippen LogP contribution in [0.4, 0.5) is 0 Å². The Bertz CT molecular complexity index is 198. The minimum Gasteiger partial charge on any atom is -0.388 e. The molecule has 0 unspecified atom stereocenters. The third-order valence-electron chi connectivity index (χ3n) is 1.94. The number of amidine groups is 1. The minimum absolute atomic E-state index is 0.154. The van der Waals surface area contributed by atoms with E-state index in [0.717, 1.165) is 12.8 Å². The molecule has 0 radical (unpaired) electrons. The summed E-state index contributed by atoms with van der Waals surface area (Å²) >= 11 is 0. The molecule has 0 saturated heterocycles. The second-order valence-electron chi connectivity index (χ2n) is 3.49. The first kappa shape index (κ1) is 13.1. The number of Topliss-reactive ketones (excluding diaryl/α,β-unsaturated/α-hetero) is 1. The lowest BCUT2D eigenvalue weighted by Crippen LogP contribution is -2.30. The average molecular weight is 199 g/mol. The topological polar surface area (TPSA) is 81.5 Å². The van der Waals surface area contributed by atoms with Gasteiger partial charge in [-0.1, -0.05) is 6.92 Å². The fourth-order valence-corrected chi connectivity index (χ4v) is 1.16. The summed E-state index contributed by atoms with van der Waals surface area (Å²) in [6.07, 6.45) is 2.98. The third kappa shape index (κ3) is 6.60. The van der Waals surface area contributed by atoms with Gasteiger partial charge in [-0.15, -0.1) is 0 Å². The second kappa shape index (κ2) is 7.50. The van der Waals surface area contributed by atoms with Gasteiger partial charge in [-0.05, 0) is 26.2 Å². The van der Waals surface area contributed by atoms with Crippen molar-refractivity contribution in [1.29, 1.82) is 0 Å². The highest BCUT2D eigenvalue weighted by Crippen LogP contribution is 2.00. The van der Waals surface area contributed by atoms with Gasteiger partial charge in [0, 0.05) is 13.0 Å². The van der Waals surface area contributed by atoms with Crippen molar-refractivity contribution in [2.75, 3.05) is 6.54 Å². The van der Waals surface area contributed by atoms with Crippen molar-refractivity contribution in [2.24, 2.45) is 16.5 Å². The van der Waals surface area contributed by atoms with Gasteiger partial charge < -0.3 is 11.5 Å². The lowest BCUT2D eigenvalue weighted by Gasteiger charge is -2.08. The molecular formula is C10H21N3O. The molecule has 0 aliphatic rings. The van der Waals surface area contributed by atoms with Crippen LogP contribution in [0.25, 0.3) is 0 Å². The van der Waals surface area contributed by atoms with Crippen LogP contribution >= 0.6 is 0 Å². The van der Waals surface area contributed by atoms with Gasteiger partial charge in [0.15, 0.2) is 0 Å². The molecule has 1 atom stereocenters. The fraction of sp³-hybridized carbons (Fsp3) is 0.800. The van der Waals surface area contributed by atoms with Gasteiger partial charge in [0.1, 0.15) is 5.78 Å². The highest BCUT2D eigenvalue weighted by atomic mass is 16.1. The van der Waals surface area contributed by atoms with Crippen molar-refractivity contribution in [3.8, 4) is 0 Å². The highest BCUT2D eigenvalue weighted by molar-refractivity contribution is 5.83. The van der Waals surface area contributed by atoms with Crippen LogP contribution in [-0.4, -0.2) is 24.2 Å². The van der Waals surface area contributed by atoms with Gasteiger partial charge in [0.2, 0.25) is 0 Å². The van der Waals surface area contributed by atoms with Crippen LogP contribution in [0, 0.1) is 0 Å². The molecule has 0 saturated carbocycles. The van der Waals surface area contributed by atoms with E-state index < -0.39 is 0 Å². The number of nitrogens with two attached hydrogens (primary N) is 2. The summed E-state index contributed by atoms with van der Waals surface area (Å²) in [6, 6.07) is -0.316. The maximum atomic E-state index is 11.3. The Morgan fingerprint density at radius 1 is 1.50 bits per heavy atom. The van der Waals surface area contributed by atoms with Crippen LogP contribution in [0.2, 0.25) is 0 Å². The molecule has 0 rings (SSSR count). The summed E-state index contributed by atoms with van der Waals surface area (Å²) < 4.78 is 0. The number of aliphatic imine (C=N–C) groups is 1. The van der Waals surface area contributed by atoms with Gasteiger partial charge in [-0.2, -0.15) is 0 Å². The lowest BCUT2D eigenvalue weighted by atomic mass is 10.0. The van der Waals surface area contributed by atoms with Crippen molar-refractivity contribution in [1.82, 2.24) is 0 Å². The molecule has 0 aliphatic carbocycles. The molecule has 0 heterocycles. The molecule has 0 aromatic rings. The molecule has 4 nitrogen and oxygen atoms in total. The Morgan fingerprint density at radius 2 is 2.14 bits per heavy atom. The molecule has 0 aromatic carbocycles. The Morgan fingerprint density at radius 3 is 2.64 bits per heavy atom. The van der Waals surface area contributed by atoms with E-state index in [9.17, 15) is 4.79 Å². The van der Waals surface area contributed by atoms with Crippen molar-refractivity contribution in [3.05, 3.63) is 0 Å². The Labute approximate surface area is 85.8 Å². The molecule has 0 spiro atoms. The van der Waals surface area contributed by atoms with Crippen LogP contribution in [0.3, 0.4) is 0 Å². The highest BCUT2D eigenvalue weighted by Gasteiger charge is 2.10. The summed E-state index contributed by atoms with van der Waals surface area (Å²) in [4.78, 5) is 15.3. The fourth-order valence-electron chi connectivity index (χ4n) is 1.16. The summed E-state index contributed by atoms with van der Waals surface area (Å²) in [5.74, 6) is 0.736. The molecule has 4 N–H and O–H groups in total. The van der Waals surface area contributed by atoms with E-state index in [4.69, 9.17) is 11.5 Å². The minimum atomic E-state index is -0.316. The second-order valence-corrected chi connectivity index (χ2v) is 3.49. The van der Waals surface area contributed by atoms with E-state index in [-0.39, 0.29) is 11.8 Å². The number of hydrogen-bond acceptors (Lipinski definition) is 3. The van der Waals surface area contributed by atoms with Crippen LogP contribution in [0.5, 0.6) is 0 Å². The predicted octanol–water partition coefficient (Wildman–Crippen LogP) is 0.840. The molecule has 0 aromatic heterocycles. The van der Waals surface area contributed by atoms with Gasteiger partial charge in [-0.3, -0.25) is 9.79 Å². The molecule has 0 fully saturated rings. The smallest absolute Gasteiger partial charge is 0.149 e. The molecule has 4 heteroatoms. The average Bonchev–Trinajstić information content (AvgIpc) is 2.12. The zero-order chi connectivity index (χ0) is 11.0. The maximum absolute atomic E-state index is 11.3. The van der Waals surface area contributed by atoms with Gasteiger partial charge in [0.05, 0.1) is 11.9 Å². The Balaban J connectivity index is 3.58. The first-order chi connectivity index (χ1) is 6.57. The SMILES string of the molecule is CCCC(=O)[C@H](N)CCCN=C(C)N. The number of nitrogens with zero attached hydrogens (tertiary/aromatic N) is 1. The van der Waals surface area contributed by atoms with Gasteiger partial charge >= 0.3 is 0 Å². The molecule has 14 heavy (non-hydrogen) atoms. The quantitative estimate of drug-likeness (QED) is 0.362. The number of carbonyl (C=O) groups is 1. The zero-order valence-electron chi connectivity index (χ0n) is 9.12. The largest absolute Gasteiger partial charge is 0.388 e. The third-order valence-corrected chi connectivity index (χ3v) is 1.94. The number of ketones is 1. The number of carbonyl (C=O) groups excluding carboxylic acids is 1. The summed E-state index contributed by atoms with van der Waals surface area (Å²) in [5, 5.41) is 0. The van der Waals surface area contributed by atoms with Crippen LogP contribution in [0.1, 0.15) is 39.5 Å². The number of hydrogen-bond donors (Lipinski definition) is 2. The van der Waals surface area contributed by atoms with Crippen molar-refractivity contribution in [3.63, 3.8) is 0 Å². The van der Waals surface area contributed by atoms with E-state index >= 15 is 0 Å². The summed E-state index contributed by atoms with van der Waals surface area (Å²) in [6.45, 7) is 4.39. The Kier molecular flexibility index (Phi) is 7.02. The number of rotatable bonds is 7. The molecular weight excluding hydrogens is 178 g/mol. The monoisotopic (exact) mass is 199 g/mol. The van der Waals surface area contributed by atoms with E-state index in [1.165, 1.54) is 0 Å². The maximum Gasteiger partial charge on any atom is 0.149 e. The van der Waals surface area contributed by atoms with Crippen LogP contribution in [-0.2, 0) is 4.79 Å². The van der Waals surface area contributed by atoms with Gasteiger partial charge in [-0.25, -0.2) is 0 Å². The molecule has 0 amide bonds. The lowest BCUT2D eigenvalue weighted by molar-refractivity contribution is -0.120. The van der Waals surface area contributed by atoms with E-state index in [1.807, 2.05) is 6.92 Å². The predicted molar refractivity (Wildman–Crippen MR) is 59.3 cm³/mol. The Hall–Kier alpha value is -0.900. The van der Waals surface area contributed by atoms with E-state index in [0.29, 0.717) is 25.2 Å². The van der Waals surface area contributed by atoms with Crippen molar-refractivity contribution < 1.29 is 4.79 Å². The van der Waals surface area contributed by atoms with Crippen molar-refractivity contribution in [2.45, 2.75) is 45.6 Å². The van der Waals surface area contributed by atoms with E-state index in [1.54, 1.807) is 6.92 Å². The van der Waals surface area contributed by atoms with Crippen LogP contribution < -0.4 is 11.5 Å². The first-order valence-corrected chi connectivity index (χ1v) is 5.12. The van der Waals surface area contributed by atoms with Crippen LogP contribution in [0.15, 0.2) is 4.99 Å². The summed E-state index contributed by atoms with van der Waals surface area (Å²) in [5.41, 5.74) is 11.1. The van der Waals surface area contributed by atoms with Gasteiger partial charge in [0.25, 0.3) is 0 Å². The normalized spacial score (nSPS) is 14.1. The standard InChI is InChI=1S/C10H21N3O/c1-3-5-10(14)9(12)6-4-7-13-8(2)11/h9H,3-7,12H2,1-2H3,(H2,11,13)/t9-/m1/s1. The molecule has 82 valence electrons. The molecule has 0 bridgehead atoms. The summed E-state index contributed by atoms with van der Waals surface area (Å²) in [7, 11) is 0. The molecule has 0 aliphatic heterocycles. The first-order valence-electron chi connectivity index (χ1n) is 5.12. The van der Waals surface area contributed by atoms with Crippen molar-refractivity contribution >= 4 is 11.6 Å². The zero-order valence-corrected chi connectivity index (χ0v) is 9.12.